The second-order valence-corrected chi connectivity index (χ2v) is 11.7. The quantitative estimate of drug-likeness (QED) is 0.210. The summed E-state index contributed by atoms with van der Waals surface area (Å²) >= 11 is 1.79. The fourth-order valence-electron chi connectivity index (χ4n) is 6.55. The molecule has 9 rings (SSSR count). The van der Waals surface area contributed by atoms with E-state index in [9.17, 15) is 10.5 Å². The Labute approximate surface area is 249 Å². The summed E-state index contributed by atoms with van der Waals surface area (Å²) in [7, 11) is 0. The van der Waals surface area contributed by atoms with Crippen LogP contribution in [0.4, 0.5) is 0 Å². The minimum absolute atomic E-state index is 0.631. The van der Waals surface area contributed by atoms with E-state index in [2.05, 4.69) is 69.8 Å². The summed E-state index contributed by atoms with van der Waals surface area (Å²) in [5.41, 5.74) is 5.35. The third kappa shape index (κ3) is 3.27. The second-order valence-electron chi connectivity index (χ2n) is 10.7. The van der Waals surface area contributed by atoms with E-state index in [1.807, 2.05) is 66.7 Å². The molecule has 0 aliphatic rings. The molecule has 0 atom stereocenters. The maximum absolute atomic E-state index is 9.78. The minimum atomic E-state index is 0.631. The largest absolute Gasteiger partial charge is 0.294 e. The molecule has 43 heavy (non-hydrogen) atoms. The van der Waals surface area contributed by atoms with Crippen molar-refractivity contribution in [3.05, 3.63) is 126 Å². The average molecular weight is 566 g/mol. The molecular weight excluding hydrogens is 547 g/mol. The molecule has 0 N–H and O–H groups in total. The van der Waals surface area contributed by atoms with Crippen LogP contribution >= 0.6 is 11.3 Å². The van der Waals surface area contributed by atoms with E-state index >= 15 is 0 Å². The highest BCUT2D eigenvalue weighted by atomic mass is 32.1. The summed E-state index contributed by atoms with van der Waals surface area (Å²) < 4.78 is 6.83. The standard InChI is InChI=1S/C37H19N5S/c38-20-22-12-15-30-27(18-22)24-6-1-3-8-29(24)41(30)34-10-5-11-35(40-34)42-31-16-13-23(21-39)19-28(31)36-32(42)17-14-26-25-7-2-4-9-33(25)43-37(26)36/h1-19H. The lowest BCUT2D eigenvalue weighted by Crippen LogP contribution is -2.03. The predicted octanol–water partition coefficient (Wildman–Crippen LogP) is 9.39. The van der Waals surface area contributed by atoms with Crippen molar-refractivity contribution in [2.24, 2.45) is 0 Å². The van der Waals surface area contributed by atoms with Crippen LogP contribution in [-0.2, 0) is 0 Å². The van der Waals surface area contributed by atoms with E-state index in [-0.39, 0.29) is 0 Å². The zero-order chi connectivity index (χ0) is 28.7. The zero-order valence-electron chi connectivity index (χ0n) is 22.6. The van der Waals surface area contributed by atoms with E-state index in [1.165, 1.54) is 20.2 Å². The molecule has 9 aromatic rings. The van der Waals surface area contributed by atoms with Crippen LogP contribution in [0.1, 0.15) is 11.1 Å². The number of nitrogens with zero attached hydrogens (tertiary/aromatic N) is 5. The smallest absolute Gasteiger partial charge is 0.140 e. The maximum atomic E-state index is 9.78. The van der Waals surface area contributed by atoms with Crippen LogP contribution in [0, 0.1) is 22.7 Å². The Balaban J connectivity index is 1.36. The van der Waals surface area contributed by atoms with Crippen LogP contribution in [0.3, 0.4) is 0 Å². The van der Waals surface area contributed by atoms with E-state index in [4.69, 9.17) is 4.98 Å². The Morgan fingerprint density at radius 1 is 0.512 bits per heavy atom. The van der Waals surface area contributed by atoms with Crippen LogP contribution in [-0.4, -0.2) is 14.1 Å². The van der Waals surface area contributed by atoms with Gasteiger partial charge in [0, 0.05) is 41.7 Å². The van der Waals surface area contributed by atoms with Gasteiger partial charge in [0.2, 0.25) is 0 Å². The highest BCUT2D eigenvalue weighted by molar-refractivity contribution is 7.26. The first-order valence-electron chi connectivity index (χ1n) is 13.9. The highest BCUT2D eigenvalue weighted by Crippen LogP contribution is 2.43. The van der Waals surface area contributed by atoms with Crippen molar-refractivity contribution in [1.29, 1.82) is 10.5 Å². The van der Waals surface area contributed by atoms with Gasteiger partial charge in [-0.2, -0.15) is 10.5 Å². The zero-order valence-corrected chi connectivity index (χ0v) is 23.4. The molecule has 5 aromatic carbocycles. The van der Waals surface area contributed by atoms with E-state index in [0.717, 1.165) is 55.2 Å². The molecule has 4 aromatic heterocycles. The SMILES string of the molecule is N#Cc1ccc2c(c1)c1ccccc1n2-c1cccc(-n2c3ccc(C#N)cc3c3c4sc5ccccc5c4ccc32)n1. The molecule has 0 aliphatic carbocycles. The first kappa shape index (κ1) is 23.7. The number of fused-ring (bicyclic) bond motifs is 10. The minimum Gasteiger partial charge on any atom is -0.294 e. The maximum Gasteiger partial charge on any atom is 0.140 e. The fraction of sp³-hybridized carbons (Fsp3) is 0. The number of nitriles is 2. The topological polar surface area (TPSA) is 70.3 Å². The number of para-hydroxylation sites is 1. The molecule has 0 saturated heterocycles. The van der Waals surface area contributed by atoms with E-state index in [0.29, 0.717) is 11.1 Å². The second kappa shape index (κ2) is 8.77. The number of hydrogen-bond acceptors (Lipinski definition) is 4. The lowest BCUT2D eigenvalue weighted by molar-refractivity contribution is 1.01. The Hall–Kier alpha value is -5.95. The van der Waals surface area contributed by atoms with Crippen molar-refractivity contribution in [1.82, 2.24) is 14.1 Å². The van der Waals surface area contributed by atoms with Crippen molar-refractivity contribution >= 4 is 75.1 Å². The Kier molecular flexibility index (Phi) is 4.84. The summed E-state index contributed by atoms with van der Waals surface area (Å²) in [5.74, 6) is 1.59. The summed E-state index contributed by atoms with van der Waals surface area (Å²) in [5, 5.41) is 26.1. The summed E-state index contributed by atoms with van der Waals surface area (Å²) in [4.78, 5) is 5.27. The normalized spacial score (nSPS) is 11.7. The number of thiophene rings is 1. The van der Waals surface area contributed by atoms with Crippen molar-refractivity contribution < 1.29 is 0 Å². The van der Waals surface area contributed by atoms with Gasteiger partial charge in [0.15, 0.2) is 0 Å². The number of rotatable bonds is 2. The molecule has 0 amide bonds. The van der Waals surface area contributed by atoms with Gasteiger partial charge in [-0.05, 0) is 66.7 Å². The molecule has 0 bridgehead atoms. The van der Waals surface area contributed by atoms with Crippen LogP contribution in [0.5, 0.6) is 0 Å². The van der Waals surface area contributed by atoms with Crippen LogP contribution < -0.4 is 0 Å². The third-order valence-electron chi connectivity index (χ3n) is 8.38. The van der Waals surface area contributed by atoms with E-state index in [1.54, 1.807) is 11.3 Å². The Morgan fingerprint density at radius 3 is 1.88 bits per heavy atom. The average Bonchev–Trinajstić information content (AvgIpc) is 3.71. The molecule has 4 heterocycles. The van der Waals surface area contributed by atoms with Gasteiger partial charge in [-0.25, -0.2) is 4.98 Å². The van der Waals surface area contributed by atoms with Crippen LogP contribution in [0.25, 0.3) is 75.4 Å². The van der Waals surface area contributed by atoms with Crippen molar-refractivity contribution in [3.63, 3.8) is 0 Å². The van der Waals surface area contributed by atoms with Crippen molar-refractivity contribution in [2.75, 3.05) is 0 Å². The molecule has 0 aliphatic heterocycles. The van der Waals surface area contributed by atoms with Crippen molar-refractivity contribution in [3.8, 4) is 23.8 Å². The number of aromatic nitrogens is 3. The Morgan fingerprint density at radius 2 is 1.12 bits per heavy atom. The molecule has 0 fully saturated rings. The number of pyridine rings is 1. The third-order valence-corrected chi connectivity index (χ3v) is 9.59. The summed E-state index contributed by atoms with van der Waals surface area (Å²) in [6, 6.07) is 43.6. The van der Waals surface area contributed by atoms with Gasteiger partial charge in [-0.1, -0.05) is 48.5 Å². The molecule has 0 spiro atoms. The van der Waals surface area contributed by atoms with Gasteiger partial charge in [0.25, 0.3) is 0 Å². The fourth-order valence-corrected chi connectivity index (χ4v) is 7.81. The van der Waals surface area contributed by atoms with Gasteiger partial charge in [0.05, 0.1) is 45.3 Å². The first-order chi connectivity index (χ1) is 21.2. The van der Waals surface area contributed by atoms with Gasteiger partial charge >= 0.3 is 0 Å². The Bertz CT molecular complexity index is 2710. The molecule has 0 saturated carbocycles. The molecule has 0 unspecified atom stereocenters. The lowest BCUT2D eigenvalue weighted by Gasteiger charge is -2.11. The molecular formula is C37H19N5S. The van der Waals surface area contributed by atoms with Crippen molar-refractivity contribution in [2.45, 2.75) is 0 Å². The molecule has 0 radical (unpaired) electrons. The van der Waals surface area contributed by atoms with Gasteiger partial charge in [-0.3, -0.25) is 9.13 Å². The molecule has 6 heteroatoms. The highest BCUT2D eigenvalue weighted by Gasteiger charge is 2.20. The monoisotopic (exact) mass is 565 g/mol. The van der Waals surface area contributed by atoms with Gasteiger partial charge in [0.1, 0.15) is 11.6 Å². The predicted molar refractivity (Wildman–Crippen MR) is 175 cm³/mol. The van der Waals surface area contributed by atoms with Gasteiger partial charge in [-0.15, -0.1) is 11.3 Å². The number of benzene rings is 5. The van der Waals surface area contributed by atoms with Gasteiger partial charge < -0.3 is 0 Å². The first-order valence-corrected chi connectivity index (χ1v) is 14.7. The van der Waals surface area contributed by atoms with Crippen LogP contribution in [0.15, 0.2) is 115 Å². The van der Waals surface area contributed by atoms with E-state index < -0.39 is 0 Å². The molecule has 5 nitrogen and oxygen atoms in total. The lowest BCUT2D eigenvalue weighted by atomic mass is 10.1. The summed E-state index contributed by atoms with van der Waals surface area (Å²) in [6.45, 7) is 0. The van der Waals surface area contributed by atoms with Crippen LogP contribution in [0.2, 0.25) is 0 Å². The summed E-state index contributed by atoms with van der Waals surface area (Å²) in [6.07, 6.45) is 0. The molecule has 198 valence electrons. The number of hydrogen-bond donors (Lipinski definition) is 0.